The minimum Gasteiger partial charge on any atom is -0.480 e. The Kier molecular flexibility index (Phi) is 3.63. The van der Waals surface area contributed by atoms with E-state index in [9.17, 15) is 9.59 Å². The van der Waals surface area contributed by atoms with Gasteiger partial charge in [0.2, 0.25) is 5.91 Å². The van der Waals surface area contributed by atoms with E-state index in [0.717, 1.165) is 0 Å². The van der Waals surface area contributed by atoms with Crippen LogP contribution in [0.5, 0.6) is 0 Å². The molecule has 7 heteroatoms. The van der Waals surface area contributed by atoms with Gasteiger partial charge in [-0.25, -0.2) is 9.78 Å². The summed E-state index contributed by atoms with van der Waals surface area (Å²) in [5, 5.41) is 8.61. The van der Waals surface area contributed by atoms with E-state index in [-0.39, 0.29) is 6.61 Å². The zero-order valence-corrected chi connectivity index (χ0v) is 11.4. The van der Waals surface area contributed by atoms with Gasteiger partial charge in [0.1, 0.15) is 18.0 Å². The number of nitrogens with two attached hydrogens (primary N) is 1. The predicted molar refractivity (Wildman–Crippen MR) is 71.7 cm³/mol. The monoisotopic (exact) mass is 279 g/mol. The van der Waals surface area contributed by atoms with Crippen LogP contribution in [-0.4, -0.2) is 47.3 Å². The Labute approximate surface area is 116 Å². The second kappa shape index (κ2) is 5.09. The van der Waals surface area contributed by atoms with Gasteiger partial charge in [-0.15, -0.1) is 0 Å². The van der Waals surface area contributed by atoms with E-state index in [1.54, 1.807) is 19.1 Å². The topological polar surface area (TPSA) is 106 Å². The van der Waals surface area contributed by atoms with Crippen molar-refractivity contribution in [3.63, 3.8) is 0 Å². The lowest BCUT2D eigenvalue weighted by Gasteiger charge is -2.48. The molecule has 1 aliphatic rings. The van der Waals surface area contributed by atoms with Crippen LogP contribution in [0.3, 0.4) is 0 Å². The highest BCUT2D eigenvalue weighted by Crippen LogP contribution is 2.29. The fraction of sp³-hybridized carbons (Fsp3) is 0.462. The number of carboxylic acids is 1. The smallest absolute Gasteiger partial charge is 0.329 e. The van der Waals surface area contributed by atoms with Crippen molar-refractivity contribution < 1.29 is 19.4 Å². The summed E-state index contributed by atoms with van der Waals surface area (Å²) in [5.74, 6) is -0.841. The molecule has 0 bridgehead atoms. The van der Waals surface area contributed by atoms with Crippen LogP contribution in [0.2, 0.25) is 0 Å². The quantitative estimate of drug-likeness (QED) is 0.795. The molecule has 0 atom stereocenters. The van der Waals surface area contributed by atoms with Crippen LogP contribution < -0.4 is 10.6 Å². The Morgan fingerprint density at radius 2 is 2.15 bits per heavy atom. The first-order valence-corrected chi connectivity index (χ1v) is 6.18. The molecule has 1 aromatic heterocycles. The summed E-state index contributed by atoms with van der Waals surface area (Å²) in [6, 6.07) is 3.26. The molecule has 2 rings (SSSR count). The van der Waals surface area contributed by atoms with E-state index < -0.39 is 17.5 Å². The van der Waals surface area contributed by atoms with Crippen molar-refractivity contribution in [1.82, 2.24) is 4.98 Å². The fourth-order valence-corrected chi connectivity index (χ4v) is 2.21. The maximum absolute atomic E-state index is 11.2. The Hall–Kier alpha value is -2.15. The van der Waals surface area contributed by atoms with E-state index in [1.807, 2.05) is 11.8 Å². The number of nitrogens with zero attached hydrogens (tertiary/aromatic N) is 2. The van der Waals surface area contributed by atoms with Crippen LogP contribution >= 0.6 is 0 Å². The van der Waals surface area contributed by atoms with E-state index in [1.165, 1.54) is 0 Å². The second-order valence-corrected chi connectivity index (χ2v) is 5.21. The zero-order chi connectivity index (χ0) is 14.9. The lowest BCUT2D eigenvalue weighted by atomic mass is 9.96. The summed E-state index contributed by atoms with van der Waals surface area (Å²) in [6.07, 6.45) is 0. The van der Waals surface area contributed by atoms with Gasteiger partial charge < -0.3 is 20.5 Å². The van der Waals surface area contributed by atoms with E-state index in [4.69, 9.17) is 15.6 Å². The zero-order valence-electron chi connectivity index (χ0n) is 11.4. The number of aromatic nitrogens is 1. The molecule has 0 aromatic carbocycles. The van der Waals surface area contributed by atoms with Crippen molar-refractivity contribution in [2.24, 2.45) is 5.73 Å². The molecule has 1 aromatic rings. The number of hydrogen-bond donors (Lipinski definition) is 2. The van der Waals surface area contributed by atoms with Gasteiger partial charge in [0.25, 0.3) is 0 Å². The minimum atomic E-state index is -0.991. The van der Waals surface area contributed by atoms with Crippen molar-refractivity contribution in [2.45, 2.75) is 19.4 Å². The van der Waals surface area contributed by atoms with Crippen molar-refractivity contribution >= 4 is 17.7 Å². The molecule has 1 aliphatic heterocycles. The van der Waals surface area contributed by atoms with Gasteiger partial charge in [0.15, 0.2) is 0 Å². The van der Waals surface area contributed by atoms with E-state index >= 15 is 0 Å². The highest BCUT2D eigenvalue weighted by atomic mass is 16.5. The Morgan fingerprint density at radius 3 is 2.70 bits per heavy atom. The lowest BCUT2D eigenvalue weighted by Crippen LogP contribution is -2.62. The maximum atomic E-state index is 11.2. The van der Waals surface area contributed by atoms with Gasteiger partial charge >= 0.3 is 5.97 Å². The molecular weight excluding hydrogens is 262 g/mol. The van der Waals surface area contributed by atoms with Gasteiger partial charge in [-0.05, 0) is 26.0 Å². The van der Waals surface area contributed by atoms with Crippen LogP contribution in [0.1, 0.15) is 23.0 Å². The van der Waals surface area contributed by atoms with E-state index in [0.29, 0.717) is 30.2 Å². The van der Waals surface area contributed by atoms with Gasteiger partial charge in [-0.1, -0.05) is 0 Å². The second-order valence-electron chi connectivity index (χ2n) is 5.21. The average molecular weight is 279 g/mol. The van der Waals surface area contributed by atoms with Crippen LogP contribution in [0.25, 0.3) is 0 Å². The van der Waals surface area contributed by atoms with E-state index in [2.05, 4.69) is 4.98 Å². The summed E-state index contributed by atoms with van der Waals surface area (Å²) in [4.78, 5) is 28.0. The number of amides is 1. The summed E-state index contributed by atoms with van der Waals surface area (Å²) in [7, 11) is 0. The molecule has 0 unspecified atom stereocenters. The Bertz CT molecular complexity index is 553. The van der Waals surface area contributed by atoms with Crippen LogP contribution in [0, 0.1) is 6.92 Å². The Balaban J connectivity index is 2.05. The standard InChI is InChI=1S/C13H17N3O4/c1-8-3-9(12(14)19)4-10(15-8)16-6-13(2,7-16)20-5-11(17)18/h3-4H,5-7H2,1-2H3,(H2,14,19)(H,17,18). The molecule has 0 aliphatic carbocycles. The van der Waals surface area contributed by atoms with Crippen LogP contribution in [0.15, 0.2) is 12.1 Å². The molecule has 2 heterocycles. The third-order valence-corrected chi connectivity index (χ3v) is 3.14. The molecule has 0 spiro atoms. The fourth-order valence-electron chi connectivity index (χ4n) is 2.21. The molecule has 0 radical (unpaired) electrons. The molecule has 7 nitrogen and oxygen atoms in total. The largest absolute Gasteiger partial charge is 0.480 e. The van der Waals surface area contributed by atoms with Crippen molar-refractivity contribution in [1.29, 1.82) is 0 Å². The normalized spacial score (nSPS) is 16.6. The maximum Gasteiger partial charge on any atom is 0.329 e. The molecule has 1 fully saturated rings. The third-order valence-electron chi connectivity index (χ3n) is 3.14. The van der Waals surface area contributed by atoms with Crippen molar-refractivity contribution in [3.05, 3.63) is 23.4 Å². The molecule has 3 N–H and O–H groups in total. The first-order valence-electron chi connectivity index (χ1n) is 6.18. The molecular formula is C13H17N3O4. The number of hydrogen-bond acceptors (Lipinski definition) is 5. The number of carbonyl (C=O) groups is 2. The highest BCUT2D eigenvalue weighted by Gasteiger charge is 2.41. The molecule has 20 heavy (non-hydrogen) atoms. The van der Waals surface area contributed by atoms with Crippen LogP contribution in [0.4, 0.5) is 5.82 Å². The number of rotatable bonds is 5. The predicted octanol–water partition coefficient (Wildman–Crippen LogP) is 0.169. The molecule has 108 valence electrons. The average Bonchev–Trinajstić information content (AvgIpc) is 2.32. The van der Waals surface area contributed by atoms with Crippen molar-refractivity contribution in [3.8, 4) is 0 Å². The number of anilines is 1. The lowest BCUT2D eigenvalue weighted by molar-refractivity contribution is -0.150. The van der Waals surface area contributed by atoms with Gasteiger partial charge in [0, 0.05) is 24.3 Å². The summed E-state index contributed by atoms with van der Waals surface area (Å²) < 4.78 is 5.33. The van der Waals surface area contributed by atoms with Gasteiger partial charge in [0.05, 0.1) is 0 Å². The van der Waals surface area contributed by atoms with Gasteiger partial charge in [-0.2, -0.15) is 0 Å². The number of primary amides is 1. The number of carbonyl (C=O) groups excluding carboxylic acids is 1. The van der Waals surface area contributed by atoms with Crippen LogP contribution in [-0.2, 0) is 9.53 Å². The summed E-state index contributed by atoms with van der Waals surface area (Å²) in [5.41, 5.74) is 5.88. The SMILES string of the molecule is Cc1cc(C(N)=O)cc(N2CC(C)(OCC(=O)O)C2)n1. The molecule has 0 saturated carbocycles. The number of ether oxygens (including phenoxy) is 1. The first-order chi connectivity index (χ1) is 9.29. The third kappa shape index (κ3) is 3.05. The number of aliphatic carboxylic acids is 1. The summed E-state index contributed by atoms with van der Waals surface area (Å²) >= 11 is 0. The molecule has 1 amide bonds. The number of pyridine rings is 1. The minimum absolute atomic E-state index is 0.321. The number of aryl methyl sites for hydroxylation is 1. The Morgan fingerprint density at radius 1 is 1.50 bits per heavy atom. The first kappa shape index (κ1) is 14.3. The molecule has 1 saturated heterocycles. The van der Waals surface area contributed by atoms with Crippen molar-refractivity contribution in [2.75, 3.05) is 24.6 Å². The highest BCUT2D eigenvalue weighted by molar-refractivity contribution is 5.93. The summed E-state index contributed by atoms with van der Waals surface area (Å²) in [6.45, 7) is 4.36. The van der Waals surface area contributed by atoms with Gasteiger partial charge in [-0.3, -0.25) is 4.79 Å². The number of carboxylic acid groups (broad SMARTS) is 1.